The van der Waals surface area contributed by atoms with Gasteiger partial charge in [-0.15, -0.1) is 10.2 Å². The van der Waals surface area contributed by atoms with Crippen molar-refractivity contribution in [2.24, 2.45) is 0 Å². The van der Waals surface area contributed by atoms with Crippen LogP contribution < -0.4 is 14.8 Å². The summed E-state index contributed by atoms with van der Waals surface area (Å²) in [6.45, 7) is 5.29. The minimum Gasteiger partial charge on any atom is -0.494 e. The maximum absolute atomic E-state index is 12.1. The summed E-state index contributed by atoms with van der Waals surface area (Å²) < 4.78 is 11.3. The maximum atomic E-state index is 12.1. The number of anilines is 1. The van der Waals surface area contributed by atoms with Crippen molar-refractivity contribution in [2.45, 2.75) is 26.7 Å². The van der Waals surface area contributed by atoms with Crippen molar-refractivity contribution in [3.05, 3.63) is 70.7 Å². The van der Waals surface area contributed by atoms with Gasteiger partial charge in [-0.2, -0.15) is 0 Å². The van der Waals surface area contributed by atoms with Crippen LogP contribution in [0.1, 0.15) is 29.5 Å². The minimum atomic E-state index is -0.250. The molecule has 0 spiro atoms. The standard InChI is InChI=1S/C23H25N3O3S/c1-3-14-28-19-10-7-18(8-11-19)9-12-21(27)24-23-26-25-22(30-23)13-15-29-20-6-4-5-17(2)16-20/h4-12,16H,3,13-15H2,1-2H3,(H,24,26,27)/b12-9+. The predicted molar refractivity (Wildman–Crippen MR) is 120 cm³/mol. The van der Waals surface area contributed by atoms with Gasteiger partial charge in [0, 0.05) is 12.5 Å². The molecular weight excluding hydrogens is 398 g/mol. The van der Waals surface area contributed by atoms with Crippen LogP contribution >= 0.6 is 11.3 Å². The molecule has 3 aromatic rings. The molecule has 1 N–H and O–H groups in total. The van der Waals surface area contributed by atoms with Gasteiger partial charge in [0.1, 0.15) is 16.5 Å². The average molecular weight is 424 g/mol. The first-order valence-corrected chi connectivity index (χ1v) is 10.7. The fraction of sp³-hybridized carbons (Fsp3) is 0.261. The monoisotopic (exact) mass is 423 g/mol. The Morgan fingerprint density at radius 2 is 1.87 bits per heavy atom. The Morgan fingerprint density at radius 3 is 2.63 bits per heavy atom. The summed E-state index contributed by atoms with van der Waals surface area (Å²) in [5.41, 5.74) is 2.07. The highest BCUT2D eigenvalue weighted by atomic mass is 32.1. The molecule has 30 heavy (non-hydrogen) atoms. The second-order valence-corrected chi connectivity index (χ2v) is 7.72. The van der Waals surface area contributed by atoms with Crippen molar-refractivity contribution in [2.75, 3.05) is 18.5 Å². The summed E-state index contributed by atoms with van der Waals surface area (Å²) in [5.74, 6) is 1.41. The molecule has 2 aromatic carbocycles. The van der Waals surface area contributed by atoms with E-state index in [-0.39, 0.29) is 5.91 Å². The fourth-order valence-corrected chi connectivity index (χ4v) is 3.30. The number of aromatic nitrogens is 2. The Morgan fingerprint density at radius 1 is 1.07 bits per heavy atom. The lowest BCUT2D eigenvalue weighted by Crippen LogP contribution is -2.07. The summed E-state index contributed by atoms with van der Waals surface area (Å²) >= 11 is 1.35. The Balaban J connectivity index is 1.44. The molecule has 6 nitrogen and oxygen atoms in total. The molecule has 0 saturated carbocycles. The van der Waals surface area contributed by atoms with E-state index >= 15 is 0 Å². The summed E-state index contributed by atoms with van der Waals surface area (Å²) in [5, 5.41) is 12.1. The number of carbonyl (C=O) groups is 1. The zero-order chi connectivity index (χ0) is 21.2. The molecule has 156 valence electrons. The van der Waals surface area contributed by atoms with Crippen molar-refractivity contribution in [1.82, 2.24) is 10.2 Å². The number of hydrogen-bond donors (Lipinski definition) is 1. The van der Waals surface area contributed by atoms with Gasteiger partial charge in [0.2, 0.25) is 11.0 Å². The number of aryl methyl sites for hydroxylation is 1. The van der Waals surface area contributed by atoms with Crippen LogP contribution in [0.5, 0.6) is 11.5 Å². The number of benzene rings is 2. The van der Waals surface area contributed by atoms with Crippen molar-refractivity contribution in [3.8, 4) is 11.5 Å². The fourth-order valence-electron chi connectivity index (χ4n) is 2.58. The van der Waals surface area contributed by atoms with Crippen LogP contribution in [0.4, 0.5) is 5.13 Å². The van der Waals surface area contributed by atoms with Crippen LogP contribution in [-0.4, -0.2) is 29.3 Å². The number of nitrogens with one attached hydrogen (secondary N) is 1. The zero-order valence-corrected chi connectivity index (χ0v) is 17.9. The van der Waals surface area contributed by atoms with Crippen LogP contribution in [0.25, 0.3) is 6.08 Å². The van der Waals surface area contributed by atoms with Gasteiger partial charge in [-0.1, -0.05) is 42.5 Å². The van der Waals surface area contributed by atoms with E-state index in [1.165, 1.54) is 17.4 Å². The number of hydrogen-bond acceptors (Lipinski definition) is 6. The van der Waals surface area contributed by atoms with E-state index in [4.69, 9.17) is 9.47 Å². The lowest BCUT2D eigenvalue weighted by molar-refractivity contribution is -0.111. The smallest absolute Gasteiger partial charge is 0.250 e. The molecule has 1 amide bonds. The molecule has 0 aliphatic carbocycles. The highest BCUT2D eigenvalue weighted by molar-refractivity contribution is 7.15. The molecule has 0 bridgehead atoms. The number of nitrogens with zero attached hydrogens (tertiary/aromatic N) is 2. The third-order valence-corrected chi connectivity index (χ3v) is 4.95. The predicted octanol–water partition coefficient (Wildman–Crippen LogP) is 4.91. The number of rotatable bonds is 10. The largest absolute Gasteiger partial charge is 0.494 e. The topological polar surface area (TPSA) is 73.3 Å². The SMILES string of the molecule is CCCOc1ccc(/C=C/C(=O)Nc2nnc(CCOc3cccc(C)c3)s2)cc1. The molecule has 7 heteroatoms. The summed E-state index contributed by atoms with van der Waals surface area (Å²) in [4.78, 5) is 12.1. The summed E-state index contributed by atoms with van der Waals surface area (Å²) in [6, 6.07) is 15.5. The molecule has 3 rings (SSSR count). The quantitative estimate of drug-likeness (QED) is 0.469. The number of amides is 1. The third kappa shape index (κ3) is 7.00. The van der Waals surface area contributed by atoms with Gasteiger partial charge in [0.25, 0.3) is 0 Å². The Labute approximate surface area is 180 Å². The van der Waals surface area contributed by atoms with E-state index in [0.717, 1.165) is 34.1 Å². The van der Waals surface area contributed by atoms with Gasteiger partial charge < -0.3 is 9.47 Å². The normalized spacial score (nSPS) is 10.9. The van der Waals surface area contributed by atoms with Gasteiger partial charge in [-0.3, -0.25) is 10.1 Å². The van der Waals surface area contributed by atoms with E-state index in [9.17, 15) is 4.79 Å². The molecule has 0 unspecified atom stereocenters. The lowest BCUT2D eigenvalue weighted by atomic mass is 10.2. The van der Waals surface area contributed by atoms with Gasteiger partial charge in [-0.05, 0) is 54.8 Å². The lowest BCUT2D eigenvalue weighted by Gasteiger charge is -2.04. The Kier molecular flexibility index (Phi) is 7.97. The molecule has 1 aromatic heterocycles. The van der Waals surface area contributed by atoms with E-state index < -0.39 is 0 Å². The molecule has 1 heterocycles. The molecule has 0 saturated heterocycles. The Bertz CT molecular complexity index is 983. The first kappa shape index (κ1) is 21.5. The van der Waals surface area contributed by atoms with Crippen molar-refractivity contribution < 1.29 is 14.3 Å². The average Bonchev–Trinajstić information content (AvgIpc) is 3.18. The van der Waals surface area contributed by atoms with Gasteiger partial charge in [0.15, 0.2) is 0 Å². The maximum Gasteiger partial charge on any atom is 0.250 e. The van der Waals surface area contributed by atoms with E-state index in [0.29, 0.717) is 24.8 Å². The highest BCUT2D eigenvalue weighted by Crippen LogP contribution is 2.18. The zero-order valence-electron chi connectivity index (χ0n) is 17.1. The van der Waals surface area contributed by atoms with Gasteiger partial charge in [0.05, 0.1) is 13.2 Å². The molecule has 0 fully saturated rings. The molecular formula is C23H25N3O3S. The van der Waals surface area contributed by atoms with Crippen LogP contribution in [0, 0.1) is 6.92 Å². The molecule has 0 aliphatic rings. The van der Waals surface area contributed by atoms with Crippen LogP contribution in [0.2, 0.25) is 0 Å². The van der Waals surface area contributed by atoms with E-state index in [1.54, 1.807) is 6.08 Å². The van der Waals surface area contributed by atoms with E-state index in [1.807, 2.05) is 55.5 Å². The number of ether oxygens (including phenoxy) is 2. The summed E-state index contributed by atoms with van der Waals surface area (Å²) in [6.07, 6.45) is 4.82. The van der Waals surface area contributed by atoms with E-state index in [2.05, 4.69) is 22.4 Å². The second-order valence-electron chi connectivity index (χ2n) is 6.66. The van der Waals surface area contributed by atoms with Crippen LogP contribution in [-0.2, 0) is 11.2 Å². The van der Waals surface area contributed by atoms with Crippen molar-refractivity contribution in [1.29, 1.82) is 0 Å². The summed E-state index contributed by atoms with van der Waals surface area (Å²) in [7, 11) is 0. The number of carbonyl (C=O) groups excluding carboxylic acids is 1. The first-order chi connectivity index (χ1) is 14.6. The second kappa shape index (κ2) is 11.1. The first-order valence-electron chi connectivity index (χ1n) is 9.86. The highest BCUT2D eigenvalue weighted by Gasteiger charge is 2.07. The van der Waals surface area contributed by atoms with Crippen LogP contribution in [0.3, 0.4) is 0 Å². The van der Waals surface area contributed by atoms with Crippen LogP contribution in [0.15, 0.2) is 54.6 Å². The minimum absolute atomic E-state index is 0.250. The molecule has 0 atom stereocenters. The Hall–Kier alpha value is -3.19. The molecule has 0 radical (unpaired) electrons. The third-order valence-electron chi connectivity index (χ3n) is 4.05. The van der Waals surface area contributed by atoms with Crippen molar-refractivity contribution >= 4 is 28.5 Å². The van der Waals surface area contributed by atoms with Gasteiger partial charge in [-0.25, -0.2) is 0 Å². The van der Waals surface area contributed by atoms with Crippen molar-refractivity contribution in [3.63, 3.8) is 0 Å². The molecule has 0 aliphatic heterocycles. The van der Waals surface area contributed by atoms with Gasteiger partial charge >= 0.3 is 0 Å².